The molecule has 0 amide bonds. The molecule has 0 spiro atoms. The number of aromatic nitrogens is 3. The Labute approximate surface area is 119 Å². The summed E-state index contributed by atoms with van der Waals surface area (Å²) in [5.41, 5.74) is -0.627. The van der Waals surface area contributed by atoms with Crippen LogP contribution in [0, 0.1) is 5.41 Å². The number of hydrogen-bond donors (Lipinski definition) is 1. The largest absolute Gasteiger partial charge is 0.481 e. The van der Waals surface area contributed by atoms with Crippen molar-refractivity contribution >= 4 is 5.97 Å². The Morgan fingerprint density at radius 2 is 1.95 bits per heavy atom. The third-order valence-electron chi connectivity index (χ3n) is 4.82. The Morgan fingerprint density at radius 3 is 2.50 bits per heavy atom. The number of carbonyl (C=O) groups is 1. The molecule has 1 N–H and O–H groups in total. The van der Waals surface area contributed by atoms with Gasteiger partial charge < -0.3 is 5.11 Å². The van der Waals surface area contributed by atoms with Gasteiger partial charge in [0.2, 0.25) is 0 Å². The van der Waals surface area contributed by atoms with Crippen LogP contribution in [0.1, 0.15) is 68.9 Å². The number of rotatable bonds is 4. The zero-order valence-electron chi connectivity index (χ0n) is 12.1. The fourth-order valence-corrected chi connectivity index (χ4v) is 3.28. The van der Waals surface area contributed by atoms with Crippen molar-refractivity contribution in [3.63, 3.8) is 0 Å². The number of carboxylic acid groups (broad SMARTS) is 1. The lowest BCUT2D eigenvalue weighted by atomic mass is 9.77. The first-order valence-corrected chi connectivity index (χ1v) is 7.74. The molecule has 0 aromatic carbocycles. The molecule has 5 heteroatoms. The molecule has 1 aromatic heterocycles. The second kappa shape index (κ2) is 5.19. The van der Waals surface area contributed by atoms with Gasteiger partial charge in [0.05, 0.1) is 5.41 Å². The number of aliphatic carboxylic acids is 1. The SMILES string of the molecule is Cn1nc(C2CC2)nc1CC1(C(=O)O)CCCCCC1. The maximum absolute atomic E-state index is 11.8. The summed E-state index contributed by atoms with van der Waals surface area (Å²) < 4.78 is 1.79. The average molecular weight is 277 g/mol. The van der Waals surface area contributed by atoms with Crippen LogP contribution < -0.4 is 0 Å². The molecule has 0 radical (unpaired) electrons. The van der Waals surface area contributed by atoms with E-state index >= 15 is 0 Å². The molecule has 0 aliphatic heterocycles. The van der Waals surface area contributed by atoms with Gasteiger partial charge in [0, 0.05) is 19.4 Å². The molecule has 2 saturated carbocycles. The van der Waals surface area contributed by atoms with Gasteiger partial charge in [-0.25, -0.2) is 4.98 Å². The van der Waals surface area contributed by atoms with Crippen molar-refractivity contribution in [2.45, 2.75) is 63.7 Å². The fraction of sp³-hybridized carbons (Fsp3) is 0.800. The minimum Gasteiger partial charge on any atom is -0.481 e. The van der Waals surface area contributed by atoms with Crippen LogP contribution in [0.2, 0.25) is 0 Å². The zero-order valence-corrected chi connectivity index (χ0v) is 12.1. The smallest absolute Gasteiger partial charge is 0.310 e. The Hall–Kier alpha value is -1.39. The molecule has 1 aromatic rings. The molecule has 110 valence electrons. The summed E-state index contributed by atoms with van der Waals surface area (Å²) in [4.78, 5) is 16.5. The second-order valence-corrected chi connectivity index (χ2v) is 6.46. The van der Waals surface area contributed by atoms with E-state index < -0.39 is 11.4 Å². The molecular weight excluding hydrogens is 254 g/mol. The molecule has 5 nitrogen and oxygen atoms in total. The van der Waals surface area contributed by atoms with Crippen molar-refractivity contribution < 1.29 is 9.90 Å². The third-order valence-corrected chi connectivity index (χ3v) is 4.82. The van der Waals surface area contributed by atoms with Crippen LogP contribution in [-0.4, -0.2) is 25.8 Å². The molecule has 20 heavy (non-hydrogen) atoms. The van der Waals surface area contributed by atoms with Gasteiger partial charge in [-0.05, 0) is 25.7 Å². The summed E-state index contributed by atoms with van der Waals surface area (Å²) in [7, 11) is 1.89. The average Bonchev–Trinajstić information content (AvgIpc) is 3.21. The molecule has 3 rings (SSSR count). The van der Waals surface area contributed by atoms with Crippen LogP contribution >= 0.6 is 0 Å². The molecule has 0 unspecified atom stereocenters. The number of carboxylic acids is 1. The normalized spacial score (nSPS) is 22.4. The Morgan fingerprint density at radius 1 is 1.30 bits per heavy atom. The van der Waals surface area contributed by atoms with E-state index in [1.807, 2.05) is 7.05 Å². The summed E-state index contributed by atoms with van der Waals surface area (Å²) in [6, 6.07) is 0. The Balaban J connectivity index is 1.83. The highest BCUT2D eigenvalue weighted by molar-refractivity contribution is 5.75. The van der Waals surface area contributed by atoms with Gasteiger partial charge >= 0.3 is 5.97 Å². The number of aryl methyl sites for hydroxylation is 1. The highest BCUT2D eigenvalue weighted by Gasteiger charge is 2.40. The van der Waals surface area contributed by atoms with E-state index in [-0.39, 0.29) is 0 Å². The second-order valence-electron chi connectivity index (χ2n) is 6.46. The van der Waals surface area contributed by atoms with Crippen molar-refractivity contribution in [1.29, 1.82) is 0 Å². The molecule has 0 saturated heterocycles. The van der Waals surface area contributed by atoms with Crippen molar-refractivity contribution in [1.82, 2.24) is 14.8 Å². The minimum atomic E-state index is -0.657. The summed E-state index contributed by atoms with van der Waals surface area (Å²) in [6.45, 7) is 0. The molecule has 1 heterocycles. The lowest BCUT2D eigenvalue weighted by Crippen LogP contribution is -2.34. The van der Waals surface area contributed by atoms with E-state index in [1.165, 1.54) is 12.8 Å². The maximum Gasteiger partial charge on any atom is 0.310 e. The van der Waals surface area contributed by atoms with Gasteiger partial charge in [-0.2, -0.15) is 5.10 Å². The van der Waals surface area contributed by atoms with E-state index in [2.05, 4.69) is 10.1 Å². The van der Waals surface area contributed by atoms with Crippen molar-refractivity contribution in [3.8, 4) is 0 Å². The first kappa shape index (κ1) is 13.6. The van der Waals surface area contributed by atoms with Crippen LogP contribution in [0.5, 0.6) is 0 Å². The summed E-state index contributed by atoms with van der Waals surface area (Å²) >= 11 is 0. The predicted molar refractivity (Wildman–Crippen MR) is 74.5 cm³/mol. The monoisotopic (exact) mass is 277 g/mol. The van der Waals surface area contributed by atoms with E-state index in [0.29, 0.717) is 12.3 Å². The van der Waals surface area contributed by atoms with Crippen LogP contribution in [-0.2, 0) is 18.3 Å². The topological polar surface area (TPSA) is 68.0 Å². The fourth-order valence-electron chi connectivity index (χ4n) is 3.28. The van der Waals surface area contributed by atoms with Gasteiger partial charge in [-0.1, -0.05) is 25.7 Å². The van der Waals surface area contributed by atoms with E-state index in [9.17, 15) is 9.90 Å². The van der Waals surface area contributed by atoms with Crippen molar-refractivity contribution in [3.05, 3.63) is 11.6 Å². The highest BCUT2D eigenvalue weighted by Crippen LogP contribution is 2.40. The Bertz CT molecular complexity index is 497. The minimum absolute atomic E-state index is 0.518. The van der Waals surface area contributed by atoms with E-state index in [4.69, 9.17) is 0 Å². The van der Waals surface area contributed by atoms with E-state index in [0.717, 1.165) is 50.2 Å². The third kappa shape index (κ3) is 2.58. The van der Waals surface area contributed by atoms with E-state index in [1.54, 1.807) is 4.68 Å². The van der Waals surface area contributed by atoms with Crippen LogP contribution in [0.25, 0.3) is 0 Å². The van der Waals surface area contributed by atoms with Gasteiger partial charge in [0.15, 0.2) is 5.82 Å². The number of hydrogen-bond acceptors (Lipinski definition) is 3. The van der Waals surface area contributed by atoms with Gasteiger partial charge in [0.1, 0.15) is 5.82 Å². The summed E-state index contributed by atoms with van der Waals surface area (Å²) in [5, 5.41) is 14.2. The van der Waals surface area contributed by atoms with Gasteiger partial charge in [-0.3, -0.25) is 9.48 Å². The lowest BCUT2D eigenvalue weighted by Gasteiger charge is -2.27. The first-order chi connectivity index (χ1) is 9.61. The summed E-state index contributed by atoms with van der Waals surface area (Å²) in [6.07, 6.45) is 8.75. The number of nitrogens with zero attached hydrogens (tertiary/aromatic N) is 3. The summed E-state index contributed by atoms with van der Waals surface area (Å²) in [5.74, 6) is 1.62. The van der Waals surface area contributed by atoms with Crippen LogP contribution in [0.15, 0.2) is 0 Å². The lowest BCUT2D eigenvalue weighted by molar-refractivity contribution is -0.150. The van der Waals surface area contributed by atoms with Gasteiger partial charge in [-0.15, -0.1) is 0 Å². The predicted octanol–water partition coefficient (Wildman–Crippen LogP) is 2.66. The van der Waals surface area contributed by atoms with Crippen molar-refractivity contribution in [2.75, 3.05) is 0 Å². The first-order valence-electron chi connectivity index (χ1n) is 7.74. The maximum atomic E-state index is 11.8. The molecule has 0 bridgehead atoms. The van der Waals surface area contributed by atoms with Crippen LogP contribution in [0.4, 0.5) is 0 Å². The standard InChI is InChI=1S/C15H23N3O2/c1-18-12(16-13(17-18)11-6-7-11)10-15(14(19)20)8-4-2-3-5-9-15/h11H,2-10H2,1H3,(H,19,20). The molecule has 0 atom stereocenters. The van der Waals surface area contributed by atoms with Crippen molar-refractivity contribution in [2.24, 2.45) is 12.5 Å². The van der Waals surface area contributed by atoms with Gasteiger partial charge in [0.25, 0.3) is 0 Å². The zero-order chi connectivity index (χ0) is 14.2. The molecule has 2 fully saturated rings. The molecule has 2 aliphatic carbocycles. The molecule has 2 aliphatic rings. The molecular formula is C15H23N3O2. The highest BCUT2D eigenvalue weighted by atomic mass is 16.4. The quantitative estimate of drug-likeness (QED) is 0.859. The van der Waals surface area contributed by atoms with Crippen LogP contribution in [0.3, 0.4) is 0 Å². The Kier molecular flexibility index (Phi) is 3.52.